The maximum absolute atomic E-state index is 12.3. The number of carbonyl (C=O) groups excluding carboxylic acids is 2. The summed E-state index contributed by atoms with van der Waals surface area (Å²) in [6, 6.07) is 0. The highest BCUT2D eigenvalue weighted by atomic mass is 16.2. The van der Waals surface area contributed by atoms with Crippen molar-refractivity contribution in [2.75, 3.05) is 37.6 Å². The number of hydrogen-bond donors (Lipinski definition) is 1. The van der Waals surface area contributed by atoms with E-state index < -0.39 is 0 Å². The van der Waals surface area contributed by atoms with Crippen LogP contribution in [0.2, 0.25) is 0 Å². The molecule has 0 bridgehead atoms. The second-order valence-corrected chi connectivity index (χ2v) is 6.82. The van der Waals surface area contributed by atoms with E-state index in [4.69, 9.17) is 0 Å². The molecule has 0 aromatic carbocycles. The summed E-state index contributed by atoms with van der Waals surface area (Å²) in [5.74, 6) is 1.16. The van der Waals surface area contributed by atoms with Gasteiger partial charge in [0.2, 0.25) is 17.8 Å². The largest absolute Gasteiger partial charge is 0.356 e. The van der Waals surface area contributed by atoms with E-state index >= 15 is 0 Å². The van der Waals surface area contributed by atoms with Crippen LogP contribution in [0.5, 0.6) is 0 Å². The molecule has 2 amide bonds. The molecule has 8 nitrogen and oxygen atoms in total. The first kappa shape index (κ1) is 17.6. The van der Waals surface area contributed by atoms with Crippen LogP contribution in [0.4, 0.5) is 5.95 Å². The third-order valence-corrected chi connectivity index (χ3v) is 4.81. The first-order chi connectivity index (χ1) is 12.0. The monoisotopic (exact) mass is 346 g/mol. The molecule has 1 aliphatic carbocycles. The van der Waals surface area contributed by atoms with E-state index in [-0.39, 0.29) is 17.7 Å². The van der Waals surface area contributed by atoms with Gasteiger partial charge in [0.1, 0.15) is 0 Å². The van der Waals surface area contributed by atoms with E-state index in [9.17, 15) is 9.59 Å². The van der Waals surface area contributed by atoms with E-state index in [2.05, 4.69) is 25.4 Å². The van der Waals surface area contributed by atoms with Crippen LogP contribution in [-0.2, 0) is 9.59 Å². The molecular formula is C17H26N6O2. The Labute approximate surface area is 148 Å². The van der Waals surface area contributed by atoms with Gasteiger partial charge in [-0.25, -0.2) is 4.98 Å². The highest BCUT2D eigenvalue weighted by Gasteiger charge is 2.29. The number of nitrogens with one attached hydrogen (secondary N) is 1. The molecule has 0 atom stereocenters. The third-order valence-electron chi connectivity index (χ3n) is 4.81. The molecule has 1 saturated carbocycles. The molecule has 2 fully saturated rings. The first-order valence-corrected chi connectivity index (χ1v) is 9.03. The molecular weight excluding hydrogens is 320 g/mol. The van der Waals surface area contributed by atoms with Crippen LogP contribution in [-0.4, -0.2) is 64.6 Å². The van der Waals surface area contributed by atoms with Gasteiger partial charge < -0.3 is 15.1 Å². The minimum Gasteiger partial charge on any atom is -0.356 e. The highest BCUT2D eigenvalue weighted by Crippen LogP contribution is 2.28. The Morgan fingerprint density at radius 2 is 1.80 bits per heavy atom. The molecule has 25 heavy (non-hydrogen) atoms. The molecule has 0 spiro atoms. The number of hydrogen-bond acceptors (Lipinski definition) is 6. The standard InChI is InChI=1S/C17H26N6O2/c1-12-13(2)20-21-17(19-12)23-10-8-22(9-11-23)15(24)4-3-7-18-16(25)14-5-6-14/h14H,3-11H2,1-2H3,(H,18,25). The maximum Gasteiger partial charge on any atom is 0.245 e. The number of aromatic nitrogens is 3. The van der Waals surface area contributed by atoms with Gasteiger partial charge in [-0.3, -0.25) is 9.59 Å². The molecule has 0 radical (unpaired) electrons. The third kappa shape index (κ3) is 4.64. The van der Waals surface area contributed by atoms with Crippen molar-refractivity contribution in [3.05, 3.63) is 11.4 Å². The maximum atomic E-state index is 12.3. The molecule has 136 valence electrons. The summed E-state index contributed by atoms with van der Waals surface area (Å²) in [4.78, 5) is 32.2. The fraction of sp³-hybridized carbons (Fsp3) is 0.706. The van der Waals surface area contributed by atoms with Gasteiger partial charge in [0.25, 0.3) is 0 Å². The van der Waals surface area contributed by atoms with Crippen molar-refractivity contribution < 1.29 is 9.59 Å². The van der Waals surface area contributed by atoms with Gasteiger partial charge in [-0.2, -0.15) is 5.10 Å². The smallest absolute Gasteiger partial charge is 0.245 e. The Kier molecular flexibility index (Phi) is 5.45. The summed E-state index contributed by atoms with van der Waals surface area (Å²) in [7, 11) is 0. The SMILES string of the molecule is Cc1nnc(N2CCN(C(=O)CCCNC(=O)C3CC3)CC2)nc1C. The first-order valence-electron chi connectivity index (χ1n) is 9.03. The van der Waals surface area contributed by atoms with Crippen LogP contribution in [0.1, 0.15) is 37.1 Å². The molecule has 2 heterocycles. The van der Waals surface area contributed by atoms with Crippen LogP contribution in [0.25, 0.3) is 0 Å². The minimum absolute atomic E-state index is 0.142. The Morgan fingerprint density at radius 1 is 1.08 bits per heavy atom. The summed E-state index contributed by atoms with van der Waals surface area (Å²) in [5.41, 5.74) is 1.73. The predicted octanol–water partition coefficient (Wildman–Crippen LogP) is 0.443. The van der Waals surface area contributed by atoms with Crippen LogP contribution in [0, 0.1) is 19.8 Å². The number of anilines is 1. The Morgan fingerprint density at radius 3 is 2.44 bits per heavy atom. The fourth-order valence-electron chi connectivity index (χ4n) is 2.83. The second kappa shape index (κ2) is 7.76. The van der Waals surface area contributed by atoms with E-state index in [0.29, 0.717) is 51.5 Å². The van der Waals surface area contributed by atoms with Gasteiger partial charge >= 0.3 is 0 Å². The van der Waals surface area contributed by atoms with E-state index in [0.717, 1.165) is 24.2 Å². The molecule has 1 aromatic rings. The zero-order chi connectivity index (χ0) is 17.8. The van der Waals surface area contributed by atoms with Gasteiger partial charge in [-0.1, -0.05) is 0 Å². The molecule has 2 aliphatic rings. The van der Waals surface area contributed by atoms with Crippen molar-refractivity contribution in [3.63, 3.8) is 0 Å². The zero-order valence-electron chi connectivity index (χ0n) is 15.0. The topological polar surface area (TPSA) is 91.3 Å². The Balaban J connectivity index is 1.38. The molecule has 1 aliphatic heterocycles. The lowest BCUT2D eigenvalue weighted by molar-refractivity contribution is -0.131. The van der Waals surface area contributed by atoms with Crippen molar-refractivity contribution in [3.8, 4) is 0 Å². The summed E-state index contributed by atoms with van der Waals surface area (Å²) in [5, 5.41) is 11.2. The minimum atomic E-state index is 0.142. The van der Waals surface area contributed by atoms with Crippen LogP contribution < -0.4 is 10.2 Å². The van der Waals surface area contributed by atoms with Crippen molar-refractivity contribution in [1.82, 2.24) is 25.4 Å². The van der Waals surface area contributed by atoms with E-state index in [1.165, 1.54) is 0 Å². The lowest BCUT2D eigenvalue weighted by Crippen LogP contribution is -2.49. The number of nitrogens with zero attached hydrogens (tertiary/aromatic N) is 5. The summed E-state index contributed by atoms with van der Waals surface area (Å²) < 4.78 is 0. The van der Waals surface area contributed by atoms with Gasteiger partial charge in [-0.15, -0.1) is 5.10 Å². The van der Waals surface area contributed by atoms with Crippen molar-refractivity contribution in [2.45, 2.75) is 39.5 Å². The molecule has 0 unspecified atom stereocenters. The summed E-state index contributed by atoms with van der Waals surface area (Å²) >= 11 is 0. The summed E-state index contributed by atoms with van der Waals surface area (Å²) in [6.07, 6.45) is 3.19. The fourth-order valence-corrected chi connectivity index (χ4v) is 2.83. The van der Waals surface area contributed by atoms with Gasteiger partial charge in [0.05, 0.1) is 11.4 Å². The van der Waals surface area contributed by atoms with E-state index in [1.54, 1.807) is 0 Å². The normalized spacial score (nSPS) is 17.5. The number of amides is 2. The van der Waals surface area contributed by atoms with Crippen molar-refractivity contribution in [2.24, 2.45) is 5.92 Å². The molecule has 1 aromatic heterocycles. The van der Waals surface area contributed by atoms with Gasteiger partial charge in [-0.05, 0) is 33.1 Å². The molecule has 1 N–H and O–H groups in total. The average molecular weight is 346 g/mol. The number of rotatable bonds is 6. The summed E-state index contributed by atoms with van der Waals surface area (Å²) in [6.45, 7) is 7.18. The molecule has 8 heteroatoms. The number of aryl methyl sites for hydroxylation is 2. The lowest BCUT2D eigenvalue weighted by atomic mass is 10.2. The zero-order valence-corrected chi connectivity index (χ0v) is 15.0. The van der Waals surface area contributed by atoms with Gasteiger partial charge in [0.15, 0.2) is 0 Å². The number of piperazine rings is 1. The van der Waals surface area contributed by atoms with Crippen molar-refractivity contribution in [1.29, 1.82) is 0 Å². The Hall–Kier alpha value is -2.25. The van der Waals surface area contributed by atoms with Crippen LogP contribution in [0.15, 0.2) is 0 Å². The van der Waals surface area contributed by atoms with E-state index in [1.807, 2.05) is 18.7 Å². The quantitative estimate of drug-likeness (QED) is 0.752. The number of carbonyl (C=O) groups is 2. The average Bonchev–Trinajstić information content (AvgIpc) is 3.46. The molecule has 1 saturated heterocycles. The van der Waals surface area contributed by atoms with Crippen LogP contribution in [0.3, 0.4) is 0 Å². The molecule has 3 rings (SSSR count). The Bertz CT molecular complexity index is 638. The van der Waals surface area contributed by atoms with Crippen molar-refractivity contribution >= 4 is 17.8 Å². The van der Waals surface area contributed by atoms with Gasteiger partial charge in [0, 0.05) is 45.1 Å². The highest BCUT2D eigenvalue weighted by molar-refractivity contribution is 5.81. The van der Waals surface area contributed by atoms with Crippen LogP contribution >= 0.6 is 0 Å². The lowest BCUT2D eigenvalue weighted by Gasteiger charge is -2.34. The predicted molar refractivity (Wildman–Crippen MR) is 93.1 cm³/mol. The second-order valence-electron chi connectivity index (χ2n) is 6.82.